The topological polar surface area (TPSA) is 71.1 Å². The van der Waals surface area contributed by atoms with Crippen LogP contribution in [0.5, 0.6) is 0 Å². The molecule has 152 valence electrons. The quantitative estimate of drug-likeness (QED) is 0.667. The minimum Gasteiger partial charge on any atom is -0.347 e. The number of amides is 2. The lowest BCUT2D eigenvalue weighted by molar-refractivity contribution is -0.184. The van der Waals surface area contributed by atoms with Gasteiger partial charge in [0.15, 0.2) is 0 Å². The Morgan fingerprint density at radius 3 is 2.53 bits per heavy atom. The van der Waals surface area contributed by atoms with E-state index in [0.29, 0.717) is 11.3 Å². The number of benzene rings is 2. The number of carbonyl (C=O) groups excluding carboxylic acids is 2. The van der Waals surface area contributed by atoms with E-state index in [1.54, 1.807) is 24.5 Å². The molecule has 3 aromatic rings. The molecule has 0 saturated heterocycles. The minimum absolute atomic E-state index is 0.0682. The van der Waals surface area contributed by atoms with E-state index >= 15 is 0 Å². The van der Waals surface area contributed by atoms with E-state index in [1.807, 2.05) is 31.2 Å². The molecule has 1 unspecified atom stereocenters. The molecule has 6 rings (SSSR count). The zero-order valence-corrected chi connectivity index (χ0v) is 16.6. The van der Waals surface area contributed by atoms with Gasteiger partial charge in [-0.3, -0.25) is 14.6 Å². The fourth-order valence-electron chi connectivity index (χ4n) is 5.14. The van der Waals surface area contributed by atoms with Crippen LogP contribution in [0.4, 0.5) is 10.1 Å². The third kappa shape index (κ3) is 2.95. The highest BCUT2D eigenvalue weighted by molar-refractivity contribution is 6.07. The van der Waals surface area contributed by atoms with E-state index in [-0.39, 0.29) is 34.5 Å². The third-order valence-electron chi connectivity index (χ3n) is 6.80. The smallest absolute Gasteiger partial charge is 0.252 e. The van der Waals surface area contributed by atoms with Gasteiger partial charge in [0.2, 0.25) is 5.91 Å². The highest BCUT2D eigenvalue weighted by atomic mass is 19.1. The van der Waals surface area contributed by atoms with Crippen LogP contribution in [0.25, 0.3) is 10.8 Å². The molecule has 0 spiro atoms. The molecule has 5 nitrogen and oxygen atoms in total. The fourth-order valence-corrected chi connectivity index (χ4v) is 5.14. The normalized spacial score (nSPS) is 25.0. The van der Waals surface area contributed by atoms with Crippen molar-refractivity contribution in [2.45, 2.75) is 31.7 Å². The van der Waals surface area contributed by atoms with Crippen LogP contribution >= 0.6 is 0 Å². The number of pyridine rings is 1. The maximum Gasteiger partial charge on any atom is 0.252 e. The number of nitrogens with one attached hydrogen (secondary N) is 2. The molecule has 2 amide bonds. The van der Waals surface area contributed by atoms with Crippen LogP contribution in [0.1, 0.15) is 36.5 Å². The zero-order chi connectivity index (χ0) is 20.9. The van der Waals surface area contributed by atoms with Crippen molar-refractivity contribution >= 4 is 28.3 Å². The first-order valence-electron chi connectivity index (χ1n) is 10.1. The van der Waals surface area contributed by atoms with Crippen molar-refractivity contribution in [2.24, 2.45) is 11.3 Å². The predicted octanol–water partition coefficient (Wildman–Crippen LogP) is 4.30. The van der Waals surface area contributed by atoms with Crippen molar-refractivity contribution in [2.75, 3.05) is 5.32 Å². The Labute approximate surface area is 173 Å². The van der Waals surface area contributed by atoms with Crippen molar-refractivity contribution in [3.63, 3.8) is 0 Å². The summed E-state index contributed by atoms with van der Waals surface area (Å²) >= 11 is 0. The molecule has 3 saturated carbocycles. The Morgan fingerprint density at radius 1 is 1.07 bits per heavy atom. The first-order chi connectivity index (χ1) is 14.4. The summed E-state index contributed by atoms with van der Waals surface area (Å²) in [6.07, 6.45) is 5.83. The highest BCUT2D eigenvalue weighted by Gasteiger charge is 2.71. The molecule has 3 aliphatic rings. The summed E-state index contributed by atoms with van der Waals surface area (Å²) in [6, 6.07) is 13.3. The van der Waals surface area contributed by atoms with E-state index in [4.69, 9.17) is 0 Å². The van der Waals surface area contributed by atoms with Crippen LogP contribution in [0.2, 0.25) is 0 Å². The van der Waals surface area contributed by atoms with Crippen LogP contribution in [0.15, 0.2) is 60.9 Å². The van der Waals surface area contributed by atoms with Gasteiger partial charge in [-0.15, -0.1) is 0 Å². The van der Waals surface area contributed by atoms with E-state index in [2.05, 4.69) is 15.6 Å². The first-order valence-corrected chi connectivity index (χ1v) is 10.1. The van der Waals surface area contributed by atoms with Gasteiger partial charge in [-0.1, -0.05) is 19.1 Å². The van der Waals surface area contributed by atoms with Crippen molar-refractivity contribution in [1.29, 1.82) is 0 Å². The van der Waals surface area contributed by atoms with Gasteiger partial charge in [0.1, 0.15) is 5.82 Å². The maximum absolute atomic E-state index is 13.0. The first kappa shape index (κ1) is 18.7. The van der Waals surface area contributed by atoms with Crippen molar-refractivity contribution < 1.29 is 14.0 Å². The molecule has 0 aliphatic heterocycles. The molecule has 30 heavy (non-hydrogen) atoms. The molecular formula is C24H22FN3O2. The molecule has 2 bridgehead atoms. The van der Waals surface area contributed by atoms with Gasteiger partial charge < -0.3 is 10.6 Å². The Hall–Kier alpha value is -3.28. The van der Waals surface area contributed by atoms with Crippen molar-refractivity contribution in [3.8, 4) is 0 Å². The van der Waals surface area contributed by atoms with Gasteiger partial charge in [0.25, 0.3) is 5.91 Å². The third-order valence-corrected chi connectivity index (χ3v) is 6.80. The zero-order valence-electron chi connectivity index (χ0n) is 16.6. The molecule has 6 heteroatoms. The van der Waals surface area contributed by atoms with Gasteiger partial charge in [-0.2, -0.15) is 0 Å². The lowest BCUT2D eigenvalue weighted by Crippen LogP contribution is -2.77. The van der Waals surface area contributed by atoms with E-state index in [1.165, 1.54) is 12.1 Å². The highest BCUT2D eigenvalue weighted by Crippen LogP contribution is 2.70. The maximum atomic E-state index is 13.0. The van der Waals surface area contributed by atoms with Crippen molar-refractivity contribution in [3.05, 3.63) is 72.3 Å². The number of halogens is 1. The predicted molar refractivity (Wildman–Crippen MR) is 112 cm³/mol. The van der Waals surface area contributed by atoms with Gasteiger partial charge in [0.05, 0.1) is 0 Å². The molecule has 2 N–H and O–H groups in total. The molecular weight excluding hydrogens is 381 g/mol. The summed E-state index contributed by atoms with van der Waals surface area (Å²) in [5.74, 6) is -0.671. The number of rotatable bonds is 5. The lowest BCUT2D eigenvalue weighted by Gasteiger charge is -2.72. The average molecular weight is 403 g/mol. The Balaban J connectivity index is 1.23. The van der Waals surface area contributed by atoms with E-state index in [9.17, 15) is 14.0 Å². The summed E-state index contributed by atoms with van der Waals surface area (Å²) in [5.41, 5.74) is 0.928. The SMILES string of the molecule is CC(C(=O)Nc1ccc(F)cc1)C12CC(NC(=O)c3cccc4ccncc34)(C1)C2. The molecule has 1 heterocycles. The van der Waals surface area contributed by atoms with Crippen molar-refractivity contribution in [1.82, 2.24) is 10.3 Å². The fraction of sp³-hybridized carbons (Fsp3) is 0.292. The Kier molecular flexibility index (Phi) is 4.13. The van der Waals surface area contributed by atoms with Crippen LogP contribution in [-0.4, -0.2) is 22.3 Å². The Bertz CT molecular complexity index is 1130. The van der Waals surface area contributed by atoms with Gasteiger partial charge in [0, 0.05) is 40.5 Å². The van der Waals surface area contributed by atoms with Crippen LogP contribution in [-0.2, 0) is 4.79 Å². The second-order valence-electron chi connectivity index (χ2n) is 8.75. The number of anilines is 1. The van der Waals surface area contributed by atoms with Crippen LogP contribution < -0.4 is 10.6 Å². The largest absolute Gasteiger partial charge is 0.347 e. The lowest BCUT2D eigenvalue weighted by atomic mass is 9.36. The number of aromatic nitrogens is 1. The van der Waals surface area contributed by atoms with Gasteiger partial charge in [-0.05, 0) is 66.5 Å². The number of carbonyl (C=O) groups is 2. The number of hydrogen-bond donors (Lipinski definition) is 2. The van der Waals surface area contributed by atoms with Gasteiger partial charge >= 0.3 is 0 Å². The summed E-state index contributed by atoms with van der Waals surface area (Å²) in [6.45, 7) is 1.93. The molecule has 3 aliphatic carbocycles. The van der Waals surface area contributed by atoms with Gasteiger partial charge in [-0.25, -0.2) is 4.39 Å². The molecule has 3 fully saturated rings. The summed E-state index contributed by atoms with van der Waals surface area (Å²) in [4.78, 5) is 29.7. The standard InChI is InChI=1S/C24H22FN3O2/c1-15(21(29)27-18-7-5-17(25)6-8-18)23-12-24(13-23,14-23)28-22(30)19-4-2-3-16-9-10-26-11-20(16)19/h2-11,15H,12-14H2,1H3,(H,27,29)(H,28,30). The monoisotopic (exact) mass is 403 g/mol. The van der Waals surface area contributed by atoms with Crippen LogP contribution in [0, 0.1) is 17.2 Å². The number of hydrogen-bond acceptors (Lipinski definition) is 3. The molecule has 1 aromatic heterocycles. The Morgan fingerprint density at radius 2 is 1.80 bits per heavy atom. The van der Waals surface area contributed by atoms with E-state index in [0.717, 1.165) is 30.0 Å². The molecule has 1 atom stereocenters. The van der Waals surface area contributed by atoms with E-state index < -0.39 is 0 Å². The minimum atomic E-state index is -0.333. The second-order valence-corrected chi connectivity index (χ2v) is 8.75. The number of fused-ring (bicyclic) bond motifs is 1. The average Bonchev–Trinajstić information content (AvgIpc) is 2.70. The summed E-state index contributed by atoms with van der Waals surface area (Å²) in [5, 5.41) is 7.89. The number of nitrogens with zero attached hydrogens (tertiary/aromatic N) is 1. The second kappa shape index (κ2) is 6.62. The molecule has 0 radical (unpaired) electrons. The molecule has 2 aromatic carbocycles. The summed E-state index contributed by atoms with van der Waals surface area (Å²) < 4.78 is 13.0. The van der Waals surface area contributed by atoms with Crippen LogP contribution in [0.3, 0.4) is 0 Å². The summed E-state index contributed by atoms with van der Waals surface area (Å²) in [7, 11) is 0.